The Morgan fingerprint density at radius 3 is 2.46 bits per heavy atom. The van der Waals surface area contributed by atoms with Gasteiger partial charge in [0.25, 0.3) is 0 Å². The highest BCUT2D eigenvalue weighted by Crippen LogP contribution is 2.34. The third kappa shape index (κ3) is 2.12. The Bertz CT molecular complexity index is 277. The summed E-state index contributed by atoms with van der Waals surface area (Å²) in [4.78, 5) is 0. The van der Waals surface area contributed by atoms with E-state index in [9.17, 15) is 4.39 Å². The van der Waals surface area contributed by atoms with Crippen LogP contribution in [0.1, 0.15) is 5.56 Å². The molecule has 0 N–H and O–H groups in total. The van der Waals surface area contributed by atoms with Crippen molar-refractivity contribution >= 4 is 15.9 Å². The van der Waals surface area contributed by atoms with E-state index >= 15 is 0 Å². The van der Waals surface area contributed by atoms with Gasteiger partial charge in [0, 0.05) is 10.0 Å². The molecule has 0 saturated carbocycles. The van der Waals surface area contributed by atoms with E-state index in [4.69, 9.17) is 9.47 Å². The number of halogens is 2. The maximum atomic E-state index is 12.5. The van der Waals surface area contributed by atoms with Crippen LogP contribution in [0.5, 0.6) is 11.5 Å². The van der Waals surface area contributed by atoms with Gasteiger partial charge in [-0.1, -0.05) is 15.9 Å². The monoisotopic (exact) mass is 248 g/mol. The van der Waals surface area contributed by atoms with Gasteiger partial charge in [0.2, 0.25) is 0 Å². The lowest BCUT2D eigenvalue weighted by Crippen LogP contribution is -1.94. The molecular weight excluding hydrogens is 239 g/mol. The summed E-state index contributed by atoms with van der Waals surface area (Å²) in [5.74, 6) is 0.984. The van der Waals surface area contributed by atoms with Gasteiger partial charge in [-0.15, -0.1) is 0 Å². The van der Waals surface area contributed by atoms with Crippen LogP contribution in [-0.4, -0.2) is 14.2 Å². The summed E-state index contributed by atoms with van der Waals surface area (Å²) in [5.41, 5.74) is 0.480. The van der Waals surface area contributed by atoms with Crippen LogP contribution in [0.25, 0.3) is 0 Å². The highest BCUT2D eigenvalue weighted by molar-refractivity contribution is 9.10. The number of hydrogen-bond acceptors (Lipinski definition) is 2. The molecule has 0 aliphatic heterocycles. The van der Waals surface area contributed by atoms with E-state index in [0.29, 0.717) is 17.1 Å². The lowest BCUT2D eigenvalue weighted by molar-refractivity contribution is 0.344. The smallest absolute Gasteiger partial charge is 0.166 e. The third-order valence-corrected chi connectivity index (χ3v) is 2.12. The molecule has 0 aliphatic rings. The van der Waals surface area contributed by atoms with E-state index in [-0.39, 0.29) is 0 Å². The summed E-state index contributed by atoms with van der Waals surface area (Å²) < 4.78 is 23.4. The molecule has 1 aromatic rings. The van der Waals surface area contributed by atoms with Gasteiger partial charge in [0.15, 0.2) is 11.5 Å². The van der Waals surface area contributed by atoms with E-state index in [1.165, 1.54) is 14.2 Å². The van der Waals surface area contributed by atoms with Crippen LogP contribution in [0.15, 0.2) is 16.6 Å². The minimum absolute atomic E-state index is 0.452. The second kappa shape index (κ2) is 4.46. The molecule has 13 heavy (non-hydrogen) atoms. The molecule has 1 aromatic carbocycles. The van der Waals surface area contributed by atoms with Crippen molar-refractivity contribution in [2.24, 2.45) is 0 Å². The van der Waals surface area contributed by atoms with Gasteiger partial charge < -0.3 is 9.47 Å². The molecule has 4 heteroatoms. The minimum atomic E-state index is -0.570. The van der Waals surface area contributed by atoms with Crippen LogP contribution >= 0.6 is 15.9 Å². The average molecular weight is 249 g/mol. The molecule has 0 bridgehead atoms. The molecule has 0 aromatic heterocycles. The first-order chi connectivity index (χ1) is 6.22. The van der Waals surface area contributed by atoms with Crippen molar-refractivity contribution in [2.75, 3.05) is 14.2 Å². The first-order valence-electron chi connectivity index (χ1n) is 3.69. The number of alkyl halides is 1. The van der Waals surface area contributed by atoms with Gasteiger partial charge >= 0.3 is 0 Å². The van der Waals surface area contributed by atoms with Gasteiger partial charge in [-0.2, -0.15) is 0 Å². The Morgan fingerprint density at radius 2 is 2.00 bits per heavy atom. The van der Waals surface area contributed by atoms with Crippen LogP contribution in [0.3, 0.4) is 0 Å². The normalized spacial score (nSPS) is 9.85. The number of ether oxygens (including phenoxy) is 2. The van der Waals surface area contributed by atoms with Crippen LogP contribution in [0, 0.1) is 0 Å². The van der Waals surface area contributed by atoms with E-state index < -0.39 is 6.67 Å². The van der Waals surface area contributed by atoms with Crippen molar-refractivity contribution in [1.29, 1.82) is 0 Å². The summed E-state index contributed by atoms with van der Waals surface area (Å²) in [6.45, 7) is -0.570. The molecule has 0 saturated heterocycles. The summed E-state index contributed by atoms with van der Waals surface area (Å²) in [6.07, 6.45) is 0. The zero-order chi connectivity index (χ0) is 9.84. The highest BCUT2D eigenvalue weighted by atomic mass is 79.9. The second-order valence-electron chi connectivity index (χ2n) is 2.43. The van der Waals surface area contributed by atoms with Crippen LogP contribution in [0.4, 0.5) is 4.39 Å². The van der Waals surface area contributed by atoms with E-state index in [1.807, 2.05) is 0 Å². The van der Waals surface area contributed by atoms with E-state index in [0.717, 1.165) is 4.47 Å². The topological polar surface area (TPSA) is 18.5 Å². The van der Waals surface area contributed by atoms with Gasteiger partial charge in [-0.25, -0.2) is 4.39 Å². The zero-order valence-electron chi connectivity index (χ0n) is 7.43. The number of rotatable bonds is 3. The fourth-order valence-electron chi connectivity index (χ4n) is 1.11. The predicted molar refractivity (Wildman–Crippen MR) is 52.1 cm³/mol. The van der Waals surface area contributed by atoms with Crippen molar-refractivity contribution < 1.29 is 13.9 Å². The Balaban J connectivity index is 3.25. The SMILES string of the molecule is COc1cc(Br)cc(CF)c1OC. The molecule has 0 aliphatic carbocycles. The van der Waals surface area contributed by atoms with Crippen LogP contribution in [-0.2, 0) is 6.67 Å². The second-order valence-corrected chi connectivity index (χ2v) is 3.35. The zero-order valence-corrected chi connectivity index (χ0v) is 9.02. The van der Waals surface area contributed by atoms with Crippen LogP contribution < -0.4 is 9.47 Å². The summed E-state index contributed by atoms with van der Waals surface area (Å²) in [7, 11) is 3.01. The van der Waals surface area contributed by atoms with E-state index in [1.54, 1.807) is 12.1 Å². The van der Waals surface area contributed by atoms with Gasteiger partial charge in [0.05, 0.1) is 14.2 Å². The molecule has 0 radical (unpaired) electrons. The standard InChI is InChI=1S/C9H10BrFO2/c1-12-8-4-7(10)3-6(5-11)9(8)13-2/h3-4H,5H2,1-2H3. The molecule has 72 valence electrons. The first-order valence-corrected chi connectivity index (χ1v) is 4.48. The third-order valence-electron chi connectivity index (χ3n) is 1.66. The van der Waals surface area contributed by atoms with Crippen molar-refractivity contribution in [3.63, 3.8) is 0 Å². The molecule has 0 heterocycles. The maximum Gasteiger partial charge on any atom is 0.166 e. The van der Waals surface area contributed by atoms with Crippen molar-refractivity contribution in [3.8, 4) is 11.5 Å². The molecule has 0 amide bonds. The van der Waals surface area contributed by atoms with Gasteiger partial charge in [0.1, 0.15) is 6.67 Å². The van der Waals surface area contributed by atoms with Crippen molar-refractivity contribution in [1.82, 2.24) is 0 Å². The Labute approximate surface area is 84.8 Å². The van der Waals surface area contributed by atoms with Gasteiger partial charge in [-0.05, 0) is 12.1 Å². The highest BCUT2D eigenvalue weighted by Gasteiger charge is 2.10. The Hall–Kier alpha value is -0.770. The van der Waals surface area contributed by atoms with Crippen molar-refractivity contribution in [3.05, 3.63) is 22.2 Å². The summed E-state index contributed by atoms with van der Waals surface area (Å²) in [5, 5.41) is 0. The fraction of sp³-hybridized carbons (Fsp3) is 0.333. The lowest BCUT2D eigenvalue weighted by Gasteiger charge is -2.11. The molecule has 0 unspecified atom stereocenters. The summed E-state index contributed by atoms with van der Waals surface area (Å²) in [6, 6.07) is 3.40. The molecule has 0 spiro atoms. The average Bonchev–Trinajstić information content (AvgIpc) is 2.16. The first kappa shape index (κ1) is 10.3. The van der Waals surface area contributed by atoms with E-state index in [2.05, 4.69) is 15.9 Å². The molecule has 0 atom stereocenters. The fourth-order valence-corrected chi connectivity index (χ4v) is 1.59. The summed E-state index contributed by atoms with van der Waals surface area (Å²) >= 11 is 3.26. The number of benzene rings is 1. The van der Waals surface area contributed by atoms with Crippen LogP contribution in [0.2, 0.25) is 0 Å². The minimum Gasteiger partial charge on any atom is -0.493 e. The predicted octanol–water partition coefficient (Wildman–Crippen LogP) is 2.94. The molecule has 0 fully saturated rings. The lowest BCUT2D eigenvalue weighted by atomic mass is 10.2. The quantitative estimate of drug-likeness (QED) is 0.819. The molecule has 1 rings (SSSR count). The molecular formula is C9H10BrFO2. The molecule has 2 nitrogen and oxygen atoms in total. The largest absolute Gasteiger partial charge is 0.493 e. The number of methoxy groups -OCH3 is 2. The Morgan fingerprint density at radius 1 is 1.31 bits per heavy atom. The number of hydrogen-bond donors (Lipinski definition) is 0. The maximum absolute atomic E-state index is 12.5. The van der Waals surface area contributed by atoms with Gasteiger partial charge in [-0.3, -0.25) is 0 Å². The van der Waals surface area contributed by atoms with Crippen molar-refractivity contribution in [2.45, 2.75) is 6.67 Å². The Kier molecular flexibility index (Phi) is 3.54.